The summed E-state index contributed by atoms with van der Waals surface area (Å²) in [6.45, 7) is 3.69. The first-order chi connectivity index (χ1) is 17.8. The summed E-state index contributed by atoms with van der Waals surface area (Å²) >= 11 is 0. The van der Waals surface area contributed by atoms with Crippen LogP contribution >= 0.6 is 0 Å². The van der Waals surface area contributed by atoms with Gasteiger partial charge in [0.1, 0.15) is 12.0 Å². The molecule has 0 saturated heterocycles. The number of benzene rings is 3. The molecular weight excluding hydrogens is 464 g/mol. The molecule has 1 unspecified atom stereocenters. The highest BCUT2D eigenvalue weighted by atomic mass is 16.3. The maximum Gasteiger partial charge on any atom is 0.267 e. The summed E-state index contributed by atoms with van der Waals surface area (Å²) in [5, 5.41) is 10.6. The van der Waals surface area contributed by atoms with Gasteiger partial charge in [-0.2, -0.15) is 0 Å². The van der Waals surface area contributed by atoms with Crippen molar-refractivity contribution in [3.05, 3.63) is 111 Å². The average molecular weight is 489 g/mol. The Morgan fingerprint density at radius 3 is 2.62 bits per heavy atom. The number of hydrogen-bond donors (Lipinski definition) is 2. The first-order valence-electron chi connectivity index (χ1n) is 12.0. The number of nitrogens with zero attached hydrogens (tertiary/aromatic N) is 3. The van der Waals surface area contributed by atoms with E-state index < -0.39 is 12.0 Å². The third-order valence-electron chi connectivity index (χ3n) is 7.18. The van der Waals surface area contributed by atoms with Gasteiger partial charge < -0.3 is 10.8 Å². The Kier molecular flexibility index (Phi) is 5.24. The monoisotopic (exact) mass is 488 g/mol. The van der Waals surface area contributed by atoms with Crippen LogP contribution in [0.1, 0.15) is 45.8 Å². The van der Waals surface area contributed by atoms with Gasteiger partial charge in [-0.05, 0) is 71.0 Å². The molecule has 3 N–H and O–H groups in total. The van der Waals surface area contributed by atoms with Crippen molar-refractivity contribution in [3.63, 3.8) is 0 Å². The average Bonchev–Trinajstić information content (AvgIpc) is 3.28. The topological polar surface area (TPSA) is 111 Å². The van der Waals surface area contributed by atoms with Crippen molar-refractivity contribution >= 4 is 16.8 Å². The normalized spacial score (nSPS) is 12.8. The smallest absolute Gasteiger partial charge is 0.267 e. The number of pyridine rings is 1. The van der Waals surface area contributed by atoms with Crippen molar-refractivity contribution in [2.24, 2.45) is 5.73 Å². The molecule has 1 amide bonds. The molecule has 0 saturated carbocycles. The highest BCUT2D eigenvalue weighted by molar-refractivity contribution is 6.00. The zero-order chi connectivity index (χ0) is 25.8. The van der Waals surface area contributed by atoms with Crippen LogP contribution in [0.3, 0.4) is 0 Å². The molecule has 0 radical (unpaired) electrons. The second kappa shape index (κ2) is 8.50. The number of aromatic nitrogens is 3. The lowest BCUT2D eigenvalue weighted by molar-refractivity contribution is 0.0995. The Morgan fingerprint density at radius 1 is 1.03 bits per heavy atom. The molecule has 0 aliphatic heterocycles. The number of fused-ring (bicyclic) bond motifs is 4. The number of aliphatic hydroxyl groups is 1. The Labute approximate surface area is 212 Å². The Hall–Kier alpha value is -4.62. The minimum Gasteiger partial charge on any atom is -0.389 e. The van der Waals surface area contributed by atoms with Gasteiger partial charge in [0, 0.05) is 18.2 Å². The van der Waals surface area contributed by atoms with E-state index in [1.54, 1.807) is 30.1 Å². The van der Waals surface area contributed by atoms with Crippen LogP contribution < -0.4 is 11.3 Å². The fourth-order valence-corrected chi connectivity index (χ4v) is 5.32. The number of carbonyl (C=O) groups excluding carboxylic acids is 1. The van der Waals surface area contributed by atoms with Gasteiger partial charge in [0.2, 0.25) is 0 Å². The summed E-state index contributed by atoms with van der Waals surface area (Å²) in [6.07, 6.45) is 3.14. The van der Waals surface area contributed by atoms with E-state index in [1.165, 1.54) is 0 Å². The van der Waals surface area contributed by atoms with Crippen molar-refractivity contribution in [1.29, 1.82) is 0 Å². The zero-order valence-electron chi connectivity index (χ0n) is 20.4. The molecule has 0 fully saturated rings. The lowest BCUT2D eigenvalue weighted by Crippen LogP contribution is -2.19. The van der Waals surface area contributed by atoms with E-state index in [1.807, 2.05) is 61.5 Å². The number of carbonyl (C=O) groups is 1. The molecule has 3 aromatic carbocycles. The highest BCUT2D eigenvalue weighted by Crippen LogP contribution is 2.45. The molecule has 37 heavy (non-hydrogen) atoms. The summed E-state index contributed by atoms with van der Waals surface area (Å²) in [5.74, 6) is -0.578. The Balaban J connectivity index is 1.58. The van der Waals surface area contributed by atoms with Crippen LogP contribution in [0.25, 0.3) is 38.8 Å². The largest absolute Gasteiger partial charge is 0.389 e. The van der Waals surface area contributed by atoms with Crippen LogP contribution in [0.4, 0.5) is 0 Å². The van der Waals surface area contributed by atoms with Gasteiger partial charge in [-0.3, -0.25) is 19.1 Å². The molecule has 1 atom stereocenters. The second-order valence-electron chi connectivity index (χ2n) is 9.39. The van der Waals surface area contributed by atoms with E-state index in [0.717, 1.165) is 50.2 Å². The van der Waals surface area contributed by atoms with E-state index >= 15 is 0 Å². The first-order valence-corrected chi connectivity index (χ1v) is 12.0. The molecule has 2 aromatic heterocycles. The number of hydrogen-bond acceptors (Lipinski definition) is 5. The van der Waals surface area contributed by atoms with Crippen LogP contribution in [-0.2, 0) is 6.42 Å². The quantitative estimate of drug-likeness (QED) is 0.380. The Bertz CT molecular complexity index is 1800. The van der Waals surface area contributed by atoms with Crippen LogP contribution in [0.5, 0.6) is 0 Å². The molecule has 7 nitrogen and oxygen atoms in total. The van der Waals surface area contributed by atoms with E-state index in [4.69, 9.17) is 5.73 Å². The van der Waals surface area contributed by atoms with Gasteiger partial charge in [-0.15, -0.1) is 0 Å². The number of para-hydroxylation sites is 1. The van der Waals surface area contributed by atoms with Gasteiger partial charge in [-0.25, -0.2) is 4.98 Å². The molecule has 0 bridgehead atoms. The minimum absolute atomic E-state index is 0.144. The standard InChI is InChI=1S/C30H24N4O3/c1-16-20(7-5-9-26(16)34-15-33-25-8-4-3-6-22(25)30(34)37)24-14-32-28(29(31)36)23-13-19-12-18(17(2)35)10-11-21(19)27(23)24/h3-12,14-15,17,35H,13H2,1-2H3,(H2,31,36). The van der Waals surface area contributed by atoms with E-state index in [2.05, 4.69) is 9.97 Å². The van der Waals surface area contributed by atoms with Crippen molar-refractivity contribution in [3.8, 4) is 27.9 Å². The number of rotatable bonds is 4. The van der Waals surface area contributed by atoms with Gasteiger partial charge >= 0.3 is 0 Å². The summed E-state index contributed by atoms with van der Waals surface area (Å²) in [5.41, 5.74) is 14.3. The maximum atomic E-state index is 13.3. The van der Waals surface area contributed by atoms with Crippen molar-refractivity contribution in [1.82, 2.24) is 14.5 Å². The summed E-state index contributed by atoms with van der Waals surface area (Å²) in [4.78, 5) is 34.5. The number of aliphatic hydroxyl groups excluding tert-OH is 1. The summed E-state index contributed by atoms with van der Waals surface area (Å²) in [7, 11) is 0. The fraction of sp³-hybridized carbons (Fsp3) is 0.133. The van der Waals surface area contributed by atoms with E-state index in [-0.39, 0.29) is 11.3 Å². The highest BCUT2D eigenvalue weighted by Gasteiger charge is 2.29. The predicted octanol–water partition coefficient (Wildman–Crippen LogP) is 4.48. The van der Waals surface area contributed by atoms with Crippen molar-refractivity contribution in [2.45, 2.75) is 26.4 Å². The predicted molar refractivity (Wildman–Crippen MR) is 143 cm³/mol. The SMILES string of the molecule is Cc1c(-c2cnc(C(N)=O)c3c2-c2ccc(C(C)O)cc2C3)cccc1-n1cnc2ccccc2c1=O. The second-order valence-corrected chi connectivity index (χ2v) is 9.39. The molecule has 2 heterocycles. The van der Waals surface area contributed by atoms with E-state index in [9.17, 15) is 14.7 Å². The number of nitrogens with two attached hydrogens (primary N) is 1. The molecule has 7 heteroatoms. The number of primary amides is 1. The lowest BCUT2D eigenvalue weighted by Gasteiger charge is -2.17. The molecule has 0 spiro atoms. The number of amides is 1. The minimum atomic E-state index is -0.602. The maximum absolute atomic E-state index is 13.3. The summed E-state index contributed by atoms with van der Waals surface area (Å²) in [6, 6.07) is 18.9. The molecule has 1 aliphatic carbocycles. The fourth-order valence-electron chi connectivity index (χ4n) is 5.32. The molecule has 6 rings (SSSR count). The zero-order valence-corrected chi connectivity index (χ0v) is 20.4. The Morgan fingerprint density at radius 2 is 1.84 bits per heavy atom. The third kappa shape index (κ3) is 3.55. The van der Waals surface area contributed by atoms with Gasteiger partial charge in [0.05, 0.1) is 22.7 Å². The van der Waals surface area contributed by atoms with Gasteiger partial charge in [0.25, 0.3) is 11.5 Å². The summed E-state index contributed by atoms with van der Waals surface area (Å²) < 4.78 is 1.56. The third-order valence-corrected chi connectivity index (χ3v) is 7.18. The first kappa shape index (κ1) is 22.8. The lowest BCUT2D eigenvalue weighted by atomic mass is 9.91. The molecular formula is C30H24N4O3. The molecule has 1 aliphatic rings. The van der Waals surface area contributed by atoms with Gasteiger partial charge in [-0.1, -0.05) is 42.5 Å². The van der Waals surface area contributed by atoms with Crippen molar-refractivity contribution in [2.75, 3.05) is 0 Å². The molecule has 5 aromatic rings. The van der Waals surface area contributed by atoms with Crippen molar-refractivity contribution < 1.29 is 9.90 Å². The van der Waals surface area contributed by atoms with Gasteiger partial charge in [0.15, 0.2) is 0 Å². The molecule has 182 valence electrons. The van der Waals surface area contributed by atoms with Crippen LogP contribution in [-0.4, -0.2) is 25.5 Å². The van der Waals surface area contributed by atoms with Crippen LogP contribution in [0, 0.1) is 6.92 Å². The van der Waals surface area contributed by atoms with E-state index in [0.29, 0.717) is 17.3 Å². The van der Waals surface area contributed by atoms with Crippen LogP contribution in [0.2, 0.25) is 0 Å². The van der Waals surface area contributed by atoms with Crippen LogP contribution in [0.15, 0.2) is 78.0 Å².